The third-order valence-electron chi connectivity index (χ3n) is 1.73. The summed E-state index contributed by atoms with van der Waals surface area (Å²) < 4.78 is 4.93. The molecular formula is C8H9N5O2. The molecule has 2 heterocycles. The molecule has 0 aromatic carbocycles. The largest absolute Gasteiger partial charge is 0.396 e. The molecule has 15 heavy (non-hydrogen) atoms. The Labute approximate surface area is 85.0 Å². The van der Waals surface area contributed by atoms with Crippen LogP contribution in [0.25, 0.3) is 11.6 Å². The summed E-state index contributed by atoms with van der Waals surface area (Å²) in [6, 6.07) is 0. The third kappa shape index (κ3) is 1.91. The summed E-state index contributed by atoms with van der Waals surface area (Å²) in [4.78, 5) is 11.8. The lowest BCUT2D eigenvalue weighted by Gasteiger charge is -1.95. The first-order valence-corrected chi connectivity index (χ1v) is 4.31. The van der Waals surface area contributed by atoms with E-state index in [1.54, 1.807) is 0 Å². The van der Waals surface area contributed by atoms with Crippen LogP contribution in [0.1, 0.15) is 5.82 Å². The summed E-state index contributed by atoms with van der Waals surface area (Å²) in [5, 5.41) is 12.3. The predicted molar refractivity (Wildman–Crippen MR) is 50.5 cm³/mol. The number of aliphatic hydroxyl groups excluding tert-OH is 1. The first-order valence-electron chi connectivity index (χ1n) is 4.31. The molecule has 3 N–H and O–H groups in total. The molecule has 0 spiro atoms. The lowest BCUT2D eigenvalue weighted by molar-refractivity contribution is 0.293. The molecular weight excluding hydrogens is 198 g/mol. The minimum Gasteiger partial charge on any atom is -0.396 e. The van der Waals surface area contributed by atoms with Crippen LogP contribution in [0.15, 0.2) is 16.9 Å². The van der Waals surface area contributed by atoms with E-state index in [1.807, 2.05) is 0 Å². The molecule has 0 saturated heterocycles. The number of hydrogen-bond acceptors (Lipinski definition) is 7. The van der Waals surface area contributed by atoms with E-state index in [1.165, 1.54) is 12.4 Å². The Morgan fingerprint density at radius 2 is 2.13 bits per heavy atom. The van der Waals surface area contributed by atoms with Gasteiger partial charge in [-0.3, -0.25) is 0 Å². The quantitative estimate of drug-likeness (QED) is 0.707. The van der Waals surface area contributed by atoms with Crippen molar-refractivity contribution in [3.63, 3.8) is 0 Å². The second kappa shape index (κ2) is 4.01. The fourth-order valence-corrected chi connectivity index (χ4v) is 1.07. The number of rotatable bonds is 3. The van der Waals surface area contributed by atoms with Gasteiger partial charge < -0.3 is 15.4 Å². The van der Waals surface area contributed by atoms with Crippen LogP contribution in [0.4, 0.5) is 5.82 Å². The van der Waals surface area contributed by atoms with Gasteiger partial charge >= 0.3 is 0 Å². The van der Waals surface area contributed by atoms with Crippen LogP contribution in [-0.4, -0.2) is 31.8 Å². The Balaban J connectivity index is 2.33. The molecule has 0 bridgehead atoms. The fourth-order valence-electron chi connectivity index (χ4n) is 1.07. The molecule has 2 rings (SSSR count). The zero-order valence-corrected chi connectivity index (χ0v) is 7.79. The first-order chi connectivity index (χ1) is 7.31. The van der Waals surface area contributed by atoms with E-state index < -0.39 is 0 Å². The van der Waals surface area contributed by atoms with Crippen LogP contribution in [0, 0.1) is 0 Å². The molecule has 0 atom stereocenters. The van der Waals surface area contributed by atoms with Crippen molar-refractivity contribution in [3.05, 3.63) is 18.2 Å². The number of nitrogens with zero attached hydrogens (tertiary/aromatic N) is 4. The molecule has 7 nitrogen and oxygen atoms in total. The Kier molecular flexibility index (Phi) is 2.55. The highest BCUT2D eigenvalue weighted by Crippen LogP contribution is 2.18. The van der Waals surface area contributed by atoms with E-state index in [9.17, 15) is 0 Å². The van der Waals surface area contributed by atoms with Gasteiger partial charge in [0.15, 0.2) is 17.3 Å². The van der Waals surface area contributed by atoms with Crippen molar-refractivity contribution in [1.29, 1.82) is 0 Å². The van der Waals surface area contributed by atoms with E-state index in [2.05, 4.69) is 20.1 Å². The van der Waals surface area contributed by atoms with Gasteiger partial charge in [0.2, 0.25) is 0 Å². The van der Waals surface area contributed by atoms with Crippen LogP contribution in [-0.2, 0) is 6.42 Å². The Hall–Kier alpha value is -2.02. The summed E-state index contributed by atoms with van der Waals surface area (Å²) in [6.07, 6.45) is 3.30. The number of aliphatic hydroxyl groups is 1. The topological polar surface area (TPSA) is 111 Å². The minimum absolute atomic E-state index is 0.0328. The monoisotopic (exact) mass is 207 g/mol. The summed E-state index contributed by atoms with van der Waals surface area (Å²) in [6.45, 7) is -0.0328. The highest BCUT2D eigenvalue weighted by molar-refractivity contribution is 5.61. The van der Waals surface area contributed by atoms with Crippen LogP contribution in [0.2, 0.25) is 0 Å². The number of anilines is 1. The first kappa shape index (κ1) is 9.53. The number of aromatic nitrogens is 4. The molecule has 0 unspecified atom stereocenters. The van der Waals surface area contributed by atoms with Gasteiger partial charge in [-0.15, -0.1) is 0 Å². The molecule has 0 aliphatic rings. The van der Waals surface area contributed by atoms with Gasteiger partial charge in [-0.25, -0.2) is 9.97 Å². The summed E-state index contributed by atoms with van der Waals surface area (Å²) in [5.74, 6) is 0.860. The van der Waals surface area contributed by atoms with Gasteiger partial charge in [0.05, 0.1) is 6.61 Å². The fraction of sp³-hybridized carbons (Fsp3) is 0.250. The van der Waals surface area contributed by atoms with Gasteiger partial charge in [0.1, 0.15) is 0 Å². The molecule has 7 heteroatoms. The van der Waals surface area contributed by atoms with Crippen LogP contribution in [0.5, 0.6) is 0 Å². The molecule has 0 amide bonds. The lowest BCUT2D eigenvalue weighted by Crippen LogP contribution is -1.97. The molecule has 2 aromatic heterocycles. The molecule has 78 valence electrons. The van der Waals surface area contributed by atoms with Crippen LogP contribution in [0.3, 0.4) is 0 Å². The maximum Gasteiger partial charge on any atom is 0.280 e. The Morgan fingerprint density at radius 1 is 1.33 bits per heavy atom. The van der Waals surface area contributed by atoms with E-state index >= 15 is 0 Å². The van der Waals surface area contributed by atoms with Gasteiger partial charge in [-0.1, -0.05) is 5.16 Å². The van der Waals surface area contributed by atoms with E-state index in [-0.39, 0.29) is 18.3 Å². The third-order valence-corrected chi connectivity index (χ3v) is 1.73. The number of hydrogen-bond donors (Lipinski definition) is 2. The van der Waals surface area contributed by atoms with Crippen molar-refractivity contribution < 1.29 is 9.63 Å². The normalized spacial score (nSPS) is 10.5. The predicted octanol–water partition coefficient (Wildman–Crippen LogP) is -0.356. The summed E-state index contributed by atoms with van der Waals surface area (Å²) >= 11 is 0. The minimum atomic E-state index is -0.0328. The second-order valence-corrected chi connectivity index (χ2v) is 2.78. The van der Waals surface area contributed by atoms with Gasteiger partial charge in [0, 0.05) is 18.8 Å². The second-order valence-electron chi connectivity index (χ2n) is 2.78. The van der Waals surface area contributed by atoms with Crippen LogP contribution < -0.4 is 5.73 Å². The van der Waals surface area contributed by atoms with Crippen molar-refractivity contribution >= 4 is 5.82 Å². The van der Waals surface area contributed by atoms with Crippen molar-refractivity contribution in [2.75, 3.05) is 12.3 Å². The highest BCUT2D eigenvalue weighted by Gasteiger charge is 2.12. The maximum atomic E-state index is 8.68. The Bertz CT molecular complexity index is 456. The van der Waals surface area contributed by atoms with Gasteiger partial charge in [-0.2, -0.15) is 4.98 Å². The van der Waals surface area contributed by atoms with Crippen molar-refractivity contribution in [1.82, 2.24) is 20.1 Å². The van der Waals surface area contributed by atoms with Crippen molar-refractivity contribution in [2.45, 2.75) is 6.42 Å². The molecule has 0 saturated carbocycles. The highest BCUT2D eigenvalue weighted by atomic mass is 16.5. The van der Waals surface area contributed by atoms with Crippen molar-refractivity contribution in [3.8, 4) is 11.6 Å². The maximum absolute atomic E-state index is 8.68. The van der Waals surface area contributed by atoms with E-state index in [0.717, 1.165) is 0 Å². The average molecular weight is 207 g/mol. The number of nitrogen functional groups attached to an aromatic ring is 1. The molecule has 0 aliphatic heterocycles. The summed E-state index contributed by atoms with van der Waals surface area (Å²) in [5.41, 5.74) is 5.94. The van der Waals surface area contributed by atoms with Gasteiger partial charge in [-0.05, 0) is 0 Å². The average Bonchev–Trinajstić information content (AvgIpc) is 2.68. The zero-order chi connectivity index (χ0) is 10.7. The molecule has 0 aliphatic carbocycles. The van der Waals surface area contributed by atoms with Gasteiger partial charge in [0.25, 0.3) is 5.89 Å². The molecule has 0 radical (unpaired) electrons. The van der Waals surface area contributed by atoms with Crippen LogP contribution >= 0.6 is 0 Å². The Morgan fingerprint density at radius 3 is 2.87 bits per heavy atom. The van der Waals surface area contributed by atoms with E-state index in [0.29, 0.717) is 17.9 Å². The SMILES string of the molecule is Nc1nccnc1-c1nc(CCO)no1. The molecule has 0 fully saturated rings. The number of nitrogens with two attached hydrogens (primary N) is 1. The molecule has 2 aromatic rings. The van der Waals surface area contributed by atoms with Crippen molar-refractivity contribution in [2.24, 2.45) is 0 Å². The standard InChI is InChI=1S/C8H9N5O2/c9-7-6(10-2-3-11-7)8-12-5(1-4-14)13-15-8/h2-3,14H,1,4H2,(H2,9,11). The zero-order valence-electron chi connectivity index (χ0n) is 7.79. The smallest absolute Gasteiger partial charge is 0.280 e. The van der Waals surface area contributed by atoms with E-state index in [4.69, 9.17) is 15.4 Å². The lowest BCUT2D eigenvalue weighted by atomic mass is 10.4. The summed E-state index contributed by atoms with van der Waals surface area (Å²) in [7, 11) is 0.